The number of hydrogen-bond acceptors (Lipinski definition) is 4. The number of aromatic nitrogens is 1. The number of rotatable bonds is 2. The van der Waals surface area contributed by atoms with E-state index in [1.807, 2.05) is 5.38 Å². The Morgan fingerprint density at radius 1 is 1.77 bits per heavy atom. The van der Waals surface area contributed by atoms with Gasteiger partial charge in [-0.1, -0.05) is 0 Å². The molecule has 0 bridgehead atoms. The molecule has 2 heterocycles. The summed E-state index contributed by atoms with van der Waals surface area (Å²) in [6, 6.07) is 1.80. The summed E-state index contributed by atoms with van der Waals surface area (Å²) in [6.45, 7) is 1.36. The Kier molecular flexibility index (Phi) is 1.41. The predicted molar refractivity (Wildman–Crippen MR) is 47.8 cm³/mol. The third kappa shape index (κ3) is 0.928. The maximum atomic E-state index is 11.9. The molecule has 0 aromatic carbocycles. The molecule has 0 radical (unpaired) electrons. The SMILES string of the molecule is O=C(c1ccsn1)C12COCC1C2. The largest absolute Gasteiger partial charge is 0.380 e. The molecule has 2 unspecified atom stereocenters. The van der Waals surface area contributed by atoms with E-state index >= 15 is 0 Å². The Labute approximate surface area is 79.9 Å². The lowest BCUT2D eigenvalue weighted by Crippen LogP contribution is -2.19. The van der Waals surface area contributed by atoms with Crippen molar-refractivity contribution in [2.75, 3.05) is 13.2 Å². The van der Waals surface area contributed by atoms with Gasteiger partial charge in [-0.05, 0) is 29.9 Å². The van der Waals surface area contributed by atoms with Crippen LogP contribution >= 0.6 is 11.5 Å². The van der Waals surface area contributed by atoms with Gasteiger partial charge in [0.2, 0.25) is 0 Å². The number of ketones is 1. The summed E-state index contributed by atoms with van der Waals surface area (Å²) in [6.07, 6.45) is 1.00. The van der Waals surface area contributed by atoms with Crippen LogP contribution in [0.25, 0.3) is 0 Å². The van der Waals surface area contributed by atoms with Crippen molar-refractivity contribution in [3.05, 3.63) is 17.1 Å². The Balaban J connectivity index is 1.91. The molecule has 1 aliphatic heterocycles. The van der Waals surface area contributed by atoms with Crippen LogP contribution < -0.4 is 0 Å². The highest BCUT2D eigenvalue weighted by Crippen LogP contribution is 2.58. The van der Waals surface area contributed by atoms with E-state index in [4.69, 9.17) is 4.74 Å². The van der Waals surface area contributed by atoms with Crippen LogP contribution in [-0.4, -0.2) is 23.4 Å². The van der Waals surface area contributed by atoms with E-state index in [-0.39, 0.29) is 11.2 Å². The zero-order valence-corrected chi connectivity index (χ0v) is 7.84. The summed E-state index contributed by atoms with van der Waals surface area (Å²) in [7, 11) is 0. The summed E-state index contributed by atoms with van der Waals surface area (Å²) in [4.78, 5) is 11.9. The highest BCUT2D eigenvalue weighted by Gasteiger charge is 2.63. The van der Waals surface area contributed by atoms with Gasteiger partial charge in [-0.2, -0.15) is 4.37 Å². The molecule has 3 rings (SSSR count). The molecule has 0 amide bonds. The van der Waals surface area contributed by atoms with E-state index in [0.29, 0.717) is 18.2 Å². The number of ether oxygens (including phenoxy) is 1. The lowest BCUT2D eigenvalue weighted by Gasteiger charge is -2.06. The molecule has 68 valence electrons. The van der Waals surface area contributed by atoms with Crippen LogP contribution in [0.5, 0.6) is 0 Å². The molecule has 1 saturated carbocycles. The zero-order valence-electron chi connectivity index (χ0n) is 7.03. The number of fused-ring (bicyclic) bond motifs is 1. The standard InChI is InChI=1S/C9H9NO2S/c11-8(7-1-2-13-10-7)9-3-6(9)4-12-5-9/h1-2,6H,3-5H2. The Bertz CT molecular complexity index is 349. The molecule has 4 heteroatoms. The maximum absolute atomic E-state index is 11.9. The average molecular weight is 195 g/mol. The van der Waals surface area contributed by atoms with Crippen LogP contribution in [0, 0.1) is 11.3 Å². The monoisotopic (exact) mass is 195 g/mol. The summed E-state index contributed by atoms with van der Waals surface area (Å²) in [5, 5.41) is 1.84. The van der Waals surface area contributed by atoms with Crippen molar-refractivity contribution in [3.63, 3.8) is 0 Å². The molecule has 1 aliphatic carbocycles. The topological polar surface area (TPSA) is 39.2 Å². The van der Waals surface area contributed by atoms with Gasteiger partial charge < -0.3 is 4.74 Å². The van der Waals surface area contributed by atoms with Gasteiger partial charge in [-0.3, -0.25) is 4.79 Å². The molecule has 0 N–H and O–H groups in total. The Morgan fingerprint density at radius 3 is 3.23 bits per heavy atom. The summed E-state index contributed by atoms with van der Waals surface area (Å²) in [5.41, 5.74) is 0.451. The second-order valence-corrected chi connectivity index (χ2v) is 4.45. The van der Waals surface area contributed by atoms with Gasteiger partial charge >= 0.3 is 0 Å². The van der Waals surface area contributed by atoms with Crippen molar-refractivity contribution in [2.45, 2.75) is 6.42 Å². The van der Waals surface area contributed by atoms with E-state index in [9.17, 15) is 4.79 Å². The van der Waals surface area contributed by atoms with Crippen LogP contribution in [0.3, 0.4) is 0 Å². The average Bonchev–Trinajstić information content (AvgIpc) is 2.63. The van der Waals surface area contributed by atoms with Crippen molar-refractivity contribution in [1.82, 2.24) is 4.37 Å². The predicted octanol–water partition coefficient (Wildman–Crippen LogP) is 1.36. The van der Waals surface area contributed by atoms with E-state index < -0.39 is 0 Å². The number of carbonyl (C=O) groups excluding carboxylic acids is 1. The summed E-state index contributed by atoms with van der Waals surface area (Å²) < 4.78 is 9.35. The number of Topliss-reactive ketones (excluding diaryl/α,β-unsaturated/α-hetero) is 1. The van der Waals surface area contributed by atoms with Crippen LogP contribution in [0.2, 0.25) is 0 Å². The van der Waals surface area contributed by atoms with Crippen molar-refractivity contribution in [1.29, 1.82) is 0 Å². The second kappa shape index (κ2) is 2.39. The fraction of sp³-hybridized carbons (Fsp3) is 0.556. The van der Waals surface area contributed by atoms with Gasteiger partial charge in [0.25, 0.3) is 0 Å². The van der Waals surface area contributed by atoms with Gasteiger partial charge in [0.05, 0.1) is 18.6 Å². The quantitative estimate of drug-likeness (QED) is 0.669. The van der Waals surface area contributed by atoms with Gasteiger partial charge in [-0.25, -0.2) is 0 Å². The normalized spacial score (nSPS) is 35.8. The minimum atomic E-state index is -0.173. The number of hydrogen-bond donors (Lipinski definition) is 0. The molecule has 3 nitrogen and oxygen atoms in total. The van der Waals surface area contributed by atoms with E-state index in [1.54, 1.807) is 6.07 Å². The van der Waals surface area contributed by atoms with Gasteiger partial charge in [0.15, 0.2) is 5.78 Å². The van der Waals surface area contributed by atoms with Crippen molar-refractivity contribution >= 4 is 17.3 Å². The second-order valence-electron chi connectivity index (χ2n) is 3.79. The number of nitrogens with zero attached hydrogens (tertiary/aromatic N) is 1. The first-order valence-electron chi connectivity index (χ1n) is 4.36. The fourth-order valence-corrected chi connectivity index (χ4v) is 2.60. The summed E-state index contributed by atoms with van der Waals surface area (Å²) >= 11 is 1.33. The molecule has 1 aromatic rings. The van der Waals surface area contributed by atoms with Crippen LogP contribution in [0.1, 0.15) is 16.9 Å². The fourth-order valence-electron chi connectivity index (χ4n) is 2.09. The molecule has 1 aromatic heterocycles. The zero-order chi connectivity index (χ0) is 8.89. The molecular weight excluding hydrogens is 186 g/mol. The maximum Gasteiger partial charge on any atom is 0.191 e. The van der Waals surface area contributed by atoms with E-state index in [0.717, 1.165) is 13.0 Å². The van der Waals surface area contributed by atoms with Gasteiger partial charge in [-0.15, -0.1) is 0 Å². The van der Waals surface area contributed by atoms with Gasteiger partial charge in [0.1, 0.15) is 5.69 Å². The first-order valence-corrected chi connectivity index (χ1v) is 5.19. The third-order valence-corrected chi connectivity index (χ3v) is 3.59. The van der Waals surface area contributed by atoms with Crippen molar-refractivity contribution in [2.24, 2.45) is 11.3 Å². The van der Waals surface area contributed by atoms with Crippen molar-refractivity contribution in [3.8, 4) is 0 Å². The van der Waals surface area contributed by atoms with Gasteiger partial charge in [0, 0.05) is 5.38 Å². The Hall–Kier alpha value is -0.740. The molecule has 0 spiro atoms. The van der Waals surface area contributed by atoms with Crippen LogP contribution in [-0.2, 0) is 4.74 Å². The van der Waals surface area contributed by atoms with E-state index in [1.165, 1.54) is 11.5 Å². The number of carbonyl (C=O) groups is 1. The smallest absolute Gasteiger partial charge is 0.191 e. The molecular formula is C9H9NO2S. The van der Waals surface area contributed by atoms with Crippen molar-refractivity contribution < 1.29 is 9.53 Å². The lowest BCUT2D eigenvalue weighted by atomic mass is 9.98. The third-order valence-electron chi connectivity index (χ3n) is 3.03. The molecule has 2 fully saturated rings. The molecule has 1 saturated heterocycles. The first-order chi connectivity index (χ1) is 6.33. The molecule has 2 atom stereocenters. The van der Waals surface area contributed by atoms with Crippen LogP contribution in [0.4, 0.5) is 0 Å². The Morgan fingerprint density at radius 2 is 2.69 bits per heavy atom. The highest BCUT2D eigenvalue weighted by atomic mass is 32.1. The molecule has 2 aliphatic rings. The molecule has 13 heavy (non-hydrogen) atoms. The van der Waals surface area contributed by atoms with Crippen LogP contribution in [0.15, 0.2) is 11.4 Å². The first kappa shape index (κ1) is 7.64. The lowest BCUT2D eigenvalue weighted by molar-refractivity contribution is 0.0825. The minimum Gasteiger partial charge on any atom is -0.380 e. The minimum absolute atomic E-state index is 0.173. The van der Waals surface area contributed by atoms with E-state index in [2.05, 4.69) is 4.37 Å². The highest BCUT2D eigenvalue weighted by molar-refractivity contribution is 7.03. The summed E-state index contributed by atoms with van der Waals surface area (Å²) in [5.74, 6) is 0.665.